The summed E-state index contributed by atoms with van der Waals surface area (Å²) >= 11 is 3.78. The van der Waals surface area contributed by atoms with Crippen LogP contribution in [0.15, 0.2) is 41.8 Å². The lowest BCUT2D eigenvalue weighted by Gasteiger charge is -2.28. The predicted octanol–water partition coefficient (Wildman–Crippen LogP) is 3.17. The molecular weight excluding hydrogens is 364 g/mol. The Labute approximate surface area is 164 Å². The monoisotopic (exact) mass is 392 g/mol. The van der Waals surface area contributed by atoms with E-state index in [1.54, 1.807) is 11.3 Å². The zero-order valence-corrected chi connectivity index (χ0v) is 17.0. The molecule has 26 heavy (non-hydrogen) atoms. The fraction of sp³-hybridized carbons (Fsp3) is 0.500. The van der Waals surface area contributed by atoms with Gasteiger partial charge in [0, 0.05) is 49.1 Å². The first-order valence-corrected chi connectivity index (χ1v) is 11.1. The smallest absolute Gasteiger partial charge is 0.119 e. The van der Waals surface area contributed by atoms with Gasteiger partial charge in [0.05, 0.1) is 0 Å². The van der Waals surface area contributed by atoms with Gasteiger partial charge in [-0.2, -0.15) is 11.8 Å². The predicted molar refractivity (Wildman–Crippen MR) is 111 cm³/mol. The molecule has 3 rings (SSSR count). The van der Waals surface area contributed by atoms with Crippen molar-refractivity contribution in [3.8, 4) is 5.75 Å². The highest BCUT2D eigenvalue weighted by Crippen LogP contribution is 2.16. The van der Waals surface area contributed by atoms with Gasteiger partial charge >= 0.3 is 0 Å². The van der Waals surface area contributed by atoms with Crippen molar-refractivity contribution in [1.82, 2.24) is 9.80 Å². The van der Waals surface area contributed by atoms with Crippen LogP contribution in [0.5, 0.6) is 5.75 Å². The number of benzene rings is 1. The maximum absolute atomic E-state index is 10.2. The normalized spacial score (nSPS) is 16.7. The number of hydrogen-bond acceptors (Lipinski definition) is 6. The summed E-state index contributed by atoms with van der Waals surface area (Å²) in [5.74, 6) is 3.15. The highest BCUT2D eigenvalue weighted by Gasteiger charge is 2.15. The molecule has 1 saturated heterocycles. The number of ether oxygens (including phenoxy) is 1. The lowest BCUT2D eigenvalue weighted by atomic mass is 10.2. The van der Waals surface area contributed by atoms with E-state index >= 15 is 0 Å². The van der Waals surface area contributed by atoms with Crippen molar-refractivity contribution in [2.45, 2.75) is 19.2 Å². The van der Waals surface area contributed by atoms with Crippen LogP contribution in [0, 0.1) is 0 Å². The van der Waals surface area contributed by atoms with Gasteiger partial charge in [-0.25, -0.2) is 0 Å². The summed E-state index contributed by atoms with van der Waals surface area (Å²) in [4.78, 5) is 6.01. The largest absolute Gasteiger partial charge is 0.491 e. The van der Waals surface area contributed by atoms with Gasteiger partial charge in [-0.1, -0.05) is 18.2 Å². The van der Waals surface area contributed by atoms with Gasteiger partial charge in [0.25, 0.3) is 0 Å². The molecule has 0 radical (unpaired) electrons. The third-order valence-electron chi connectivity index (χ3n) is 4.40. The zero-order valence-electron chi connectivity index (χ0n) is 15.3. The standard InChI is InChI=1S/C20H28N2O2S2/c1-21(15-20-3-2-10-26-20)13-17-4-6-19(7-5-17)24-16-18(23)14-22-8-11-25-12-9-22/h2-7,10,18,23H,8-9,11-16H2,1H3. The molecule has 1 aliphatic rings. The first-order valence-electron chi connectivity index (χ1n) is 9.10. The Morgan fingerprint density at radius 1 is 1.15 bits per heavy atom. The van der Waals surface area contributed by atoms with E-state index < -0.39 is 6.10 Å². The van der Waals surface area contributed by atoms with Crippen molar-refractivity contribution in [1.29, 1.82) is 0 Å². The number of β-amino-alcohol motifs (C(OH)–C–C–N with tert-alkyl or cyclic N) is 1. The van der Waals surface area contributed by atoms with E-state index in [4.69, 9.17) is 4.74 Å². The molecule has 1 aromatic heterocycles. The summed E-state index contributed by atoms with van der Waals surface area (Å²) in [5.41, 5.74) is 1.27. The van der Waals surface area contributed by atoms with Crippen LogP contribution in [0.25, 0.3) is 0 Å². The Morgan fingerprint density at radius 2 is 1.92 bits per heavy atom. The van der Waals surface area contributed by atoms with Gasteiger partial charge < -0.3 is 9.84 Å². The van der Waals surface area contributed by atoms with E-state index in [1.165, 1.54) is 10.4 Å². The summed E-state index contributed by atoms with van der Waals surface area (Å²) < 4.78 is 5.76. The summed E-state index contributed by atoms with van der Waals surface area (Å²) in [6.07, 6.45) is -0.435. The molecule has 1 aliphatic heterocycles. The van der Waals surface area contributed by atoms with Crippen molar-refractivity contribution >= 4 is 23.1 Å². The van der Waals surface area contributed by atoms with E-state index in [1.807, 2.05) is 23.9 Å². The van der Waals surface area contributed by atoms with Crippen molar-refractivity contribution < 1.29 is 9.84 Å². The lowest BCUT2D eigenvalue weighted by molar-refractivity contribution is 0.0715. The summed E-state index contributed by atoms with van der Waals surface area (Å²) in [5, 5.41) is 12.3. The van der Waals surface area contributed by atoms with Crippen LogP contribution < -0.4 is 4.74 Å². The van der Waals surface area contributed by atoms with E-state index in [9.17, 15) is 5.11 Å². The van der Waals surface area contributed by atoms with E-state index in [0.29, 0.717) is 13.2 Å². The van der Waals surface area contributed by atoms with E-state index in [-0.39, 0.29) is 0 Å². The number of aliphatic hydroxyl groups is 1. The van der Waals surface area contributed by atoms with Gasteiger partial charge in [0.15, 0.2) is 0 Å². The van der Waals surface area contributed by atoms with Crippen LogP contribution in [-0.4, -0.2) is 65.8 Å². The second-order valence-electron chi connectivity index (χ2n) is 6.77. The molecular formula is C20H28N2O2S2. The van der Waals surface area contributed by atoms with Crippen molar-refractivity contribution in [3.05, 3.63) is 52.2 Å². The highest BCUT2D eigenvalue weighted by molar-refractivity contribution is 7.99. The average Bonchev–Trinajstić information content (AvgIpc) is 3.15. The SMILES string of the molecule is CN(Cc1ccc(OCC(O)CN2CCSCC2)cc1)Cc1cccs1. The Bertz CT molecular complexity index is 628. The highest BCUT2D eigenvalue weighted by atomic mass is 32.2. The number of hydrogen-bond donors (Lipinski definition) is 1. The van der Waals surface area contributed by atoms with Crippen molar-refractivity contribution in [2.24, 2.45) is 0 Å². The molecule has 1 atom stereocenters. The fourth-order valence-electron chi connectivity index (χ4n) is 3.05. The number of thiophene rings is 1. The molecule has 0 spiro atoms. The summed E-state index contributed by atoms with van der Waals surface area (Å²) in [6, 6.07) is 12.5. The average molecular weight is 393 g/mol. The molecule has 1 N–H and O–H groups in total. The second kappa shape index (κ2) is 10.3. The summed E-state index contributed by atoms with van der Waals surface area (Å²) in [7, 11) is 2.14. The van der Waals surface area contributed by atoms with Gasteiger partial charge in [-0.3, -0.25) is 9.80 Å². The molecule has 0 saturated carbocycles. The number of rotatable bonds is 9. The Balaban J connectivity index is 1.39. The molecule has 142 valence electrons. The topological polar surface area (TPSA) is 35.9 Å². The fourth-order valence-corrected chi connectivity index (χ4v) is 4.82. The van der Waals surface area contributed by atoms with Gasteiger partial charge in [0.1, 0.15) is 18.5 Å². The van der Waals surface area contributed by atoms with Crippen LogP contribution in [0.3, 0.4) is 0 Å². The van der Waals surface area contributed by atoms with Gasteiger partial charge in [0.2, 0.25) is 0 Å². The van der Waals surface area contributed by atoms with E-state index in [0.717, 1.165) is 43.4 Å². The molecule has 1 fully saturated rings. The Hall–Kier alpha value is -1.05. The molecule has 4 nitrogen and oxygen atoms in total. The number of thioether (sulfide) groups is 1. The molecule has 1 aromatic carbocycles. The van der Waals surface area contributed by atoms with Crippen LogP contribution in [0.4, 0.5) is 0 Å². The van der Waals surface area contributed by atoms with Crippen LogP contribution in [-0.2, 0) is 13.1 Å². The quantitative estimate of drug-likeness (QED) is 0.709. The van der Waals surface area contributed by atoms with Gasteiger partial charge in [-0.15, -0.1) is 11.3 Å². The first kappa shape index (κ1) is 19.7. The van der Waals surface area contributed by atoms with E-state index in [2.05, 4.69) is 46.5 Å². The van der Waals surface area contributed by atoms with Crippen LogP contribution in [0.2, 0.25) is 0 Å². The molecule has 2 heterocycles. The number of nitrogens with zero attached hydrogens (tertiary/aromatic N) is 2. The van der Waals surface area contributed by atoms with Crippen molar-refractivity contribution in [3.63, 3.8) is 0 Å². The minimum atomic E-state index is -0.435. The number of aliphatic hydroxyl groups excluding tert-OH is 1. The third-order valence-corrected chi connectivity index (χ3v) is 6.20. The lowest BCUT2D eigenvalue weighted by Crippen LogP contribution is -2.40. The molecule has 0 amide bonds. The molecule has 0 aliphatic carbocycles. The maximum atomic E-state index is 10.2. The second-order valence-corrected chi connectivity index (χ2v) is 9.03. The van der Waals surface area contributed by atoms with Gasteiger partial charge in [-0.05, 0) is 36.2 Å². The first-order chi connectivity index (χ1) is 12.7. The zero-order chi connectivity index (χ0) is 18.2. The summed E-state index contributed by atoms with van der Waals surface area (Å²) in [6.45, 7) is 5.06. The Kier molecular flexibility index (Phi) is 7.83. The van der Waals surface area contributed by atoms with Crippen molar-refractivity contribution in [2.75, 3.05) is 44.8 Å². The van der Waals surface area contributed by atoms with Crippen LogP contribution in [0.1, 0.15) is 10.4 Å². The molecule has 2 aromatic rings. The molecule has 6 heteroatoms. The Morgan fingerprint density at radius 3 is 2.62 bits per heavy atom. The molecule has 1 unspecified atom stereocenters. The maximum Gasteiger partial charge on any atom is 0.119 e. The molecule has 0 bridgehead atoms. The van der Waals surface area contributed by atoms with Crippen LogP contribution >= 0.6 is 23.1 Å². The third kappa shape index (κ3) is 6.59. The minimum Gasteiger partial charge on any atom is -0.491 e. The minimum absolute atomic E-state index is 0.348.